The number of sulfone groups is 1. The minimum Gasteiger partial charge on any atom is -0.356 e. The van der Waals surface area contributed by atoms with E-state index in [0.29, 0.717) is 38.9 Å². The number of rotatable bonds is 14. The molecule has 3 rings (SSSR count). The number of nitrogens with one attached hydrogen (secondary N) is 1. The van der Waals surface area contributed by atoms with Crippen molar-refractivity contribution in [3.05, 3.63) is 51.9 Å². The van der Waals surface area contributed by atoms with Crippen molar-refractivity contribution in [3.8, 4) is 0 Å². The number of thiocarbonyl (C=S) groups is 1. The number of nitrogens with zero attached hydrogens (tertiary/aromatic N) is 1. The molecule has 218 valence electrons. The Balaban J connectivity index is 1.67. The Morgan fingerprint density at radius 2 is 2.13 bits per heavy atom. The van der Waals surface area contributed by atoms with E-state index in [1.165, 1.54) is 16.5 Å². The Morgan fingerprint density at radius 1 is 1.36 bits per heavy atom. The van der Waals surface area contributed by atoms with Gasteiger partial charge in [0, 0.05) is 37.6 Å². The summed E-state index contributed by atoms with van der Waals surface area (Å²) in [5, 5.41) is 14.6. The Hall–Kier alpha value is -1.60. The molecule has 3 unspecified atom stereocenters. The molecule has 0 aliphatic carbocycles. The lowest BCUT2D eigenvalue weighted by Gasteiger charge is -2.26. The van der Waals surface area contributed by atoms with Gasteiger partial charge in [-0.1, -0.05) is 55.9 Å². The molecule has 0 aromatic heterocycles. The number of alkyl halides is 2. The minimum absolute atomic E-state index is 0.0196. The molecular weight excluding hydrogens is 544 g/mol. The van der Waals surface area contributed by atoms with Gasteiger partial charge in [0.1, 0.15) is 0 Å². The minimum atomic E-state index is -3.11. The normalized spacial score (nSPS) is 24.1. The van der Waals surface area contributed by atoms with Gasteiger partial charge in [-0.25, -0.2) is 17.2 Å². The molecule has 2 heterocycles. The summed E-state index contributed by atoms with van der Waals surface area (Å²) in [5.74, 6) is 0.155. The SMILES string of the molecule is C/C=C\c1cc(CCN2C[C@H](CNCC(=S)C(F)F)OC2O)cc(CCC)c1CC(N)C1C=CS(=O)(=O)CC1. The highest BCUT2D eigenvalue weighted by Gasteiger charge is 2.31. The van der Waals surface area contributed by atoms with Crippen molar-refractivity contribution in [2.75, 3.05) is 31.9 Å². The van der Waals surface area contributed by atoms with E-state index in [4.69, 9.17) is 10.5 Å². The lowest BCUT2D eigenvalue weighted by atomic mass is 9.85. The van der Waals surface area contributed by atoms with Crippen LogP contribution in [-0.4, -0.2) is 80.2 Å². The van der Waals surface area contributed by atoms with Crippen LogP contribution < -0.4 is 11.1 Å². The van der Waals surface area contributed by atoms with Crippen molar-refractivity contribution in [2.45, 2.75) is 70.9 Å². The summed E-state index contributed by atoms with van der Waals surface area (Å²) in [7, 11) is -3.11. The molecule has 1 aromatic rings. The van der Waals surface area contributed by atoms with Gasteiger partial charge in [0.05, 0.1) is 16.7 Å². The van der Waals surface area contributed by atoms with Crippen molar-refractivity contribution in [2.24, 2.45) is 11.7 Å². The third-order valence-corrected chi connectivity index (χ3v) is 8.93. The lowest BCUT2D eigenvalue weighted by Crippen LogP contribution is -2.35. The molecular formula is C28H41F2N3O4S2. The first-order valence-electron chi connectivity index (χ1n) is 13.6. The van der Waals surface area contributed by atoms with Crippen molar-refractivity contribution < 1.29 is 27.0 Å². The molecule has 0 amide bonds. The number of hydrogen-bond acceptors (Lipinski definition) is 8. The highest BCUT2D eigenvalue weighted by atomic mass is 32.2. The van der Waals surface area contributed by atoms with Crippen LogP contribution in [0.15, 0.2) is 29.7 Å². The number of hydrogen-bond donors (Lipinski definition) is 3. The molecule has 7 nitrogen and oxygen atoms in total. The van der Waals surface area contributed by atoms with Gasteiger partial charge in [-0.2, -0.15) is 0 Å². The van der Waals surface area contributed by atoms with Gasteiger partial charge >= 0.3 is 0 Å². The first-order valence-corrected chi connectivity index (χ1v) is 15.7. The maximum atomic E-state index is 12.6. The van der Waals surface area contributed by atoms with Crippen molar-refractivity contribution in [1.29, 1.82) is 0 Å². The molecule has 2 aliphatic heterocycles. The Bertz CT molecular complexity index is 1140. The van der Waals surface area contributed by atoms with E-state index in [-0.39, 0.29) is 35.2 Å². The van der Waals surface area contributed by atoms with Crippen LogP contribution in [0.4, 0.5) is 8.78 Å². The third-order valence-electron chi connectivity index (χ3n) is 7.23. The fourth-order valence-electron chi connectivity index (χ4n) is 5.14. The summed E-state index contributed by atoms with van der Waals surface area (Å²) < 4.78 is 54.3. The molecule has 0 radical (unpaired) electrons. The van der Waals surface area contributed by atoms with Gasteiger partial charge < -0.3 is 20.9 Å². The zero-order valence-corrected chi connectivity index (χ0v) is 24.3. The van der Waals surface area contributed by atoms with E-state index in [1.54, 1.807) is 6.08 Å². The number of ether oxygens (including phenoxy) is 1. The van der Waals surface area contributed by atoms with E-state index in [2.05, 4.69) is 42.7 Å². The third kappa shape index (κ3) is 9.48. The highest BCUT2D eigenvalue weighted by molar-refractivity contribution is 7.94. The molecule has 0 saturated carbocycles. The lowest BCUT2D eigenvalue weighted by molar-refractivity contribution is -0.148. The maximum absolute atomic E-state index is 12.6. The molecule has 2 aliphatic rings. The van der Waals surface area contributed by atoms with Gasteiger partial charge in [-0.15, -0.1) is 0 Å². The number of aliphatic hydroxyl groups is 1. The second kappa shape index (κ2) is 14.9. The summed E-state index contributed by atoms with van der Waals surface area (Å²) >= 11 is 4.64. The van der Waals surface area contributed by atoms with Crippen molar-refractivity contribution in [1.82, 2.24) is 10.2 Å². The number of aryl methyl sites for hydroxylation is 1. The number of halogens is 2. The van der Waals surface area contributed by atoms with Gasteiger partial charge in [0.25, 0.3) is 6.43 Å². The van der Waals surface area contributed by atoms with Crippen LogP contribution in [0.3, 0.4) is 0 Å². The summed E-state index contributed by atoms with van der Waals surface area (Å²) in [6.45, 7) is 5.43. The maximum Gasteiger partial charge on any atom is 0.271 e. The van der Waals surface area contributed by atoms with Gasteiger partial charge in [-0.3, -0.25) is 4.90 Å². The molecule has 1 saturated heterocycles. The van der Waals surface area contributed by atoms with Crippen LogP contribution in [0.25, 0.3) is 6.08 Å². The molecule has 1 aromatic carbocycles. The number of allylic oxidation sites excluding steroid dienone is 1. The van der Waals surface area contributed by atoms with E-state index in [1.807, 2.05) is 17.9 Å². The molecule has 39 heavy (non-hydrogen) atoms. The van der Waals surface area contributed by atoms with Crippen molar-refractivity contribution >= 4 is 33.0 Å². The average Bonchev–Trinajstić information content (AvgIpc) is 3.23. The summed E-state index contributed by atoms with van der Waals surface area (Å²) in [6.07, 6.45) is 5.62. The molecule has 0 bridgehead atoms. The van der Waals surface area contributed by atoms with Gasteiger partial charge in [-0.05, 0) is 60.8 Å². The highest BCUT2D eigenvalue weighted by Crippen LogP contribution is 2.27. The van der Waals surface area contributed by atoms with Crippen LogP contribution in [0.5, 0.6) is 0 Å². The van der Waals surface area contributed by atoms with E-state index < -0.39 is 22.7 Å². The first kappa shape index (κ1) is 31.9. The zero-order chi connectivity index (χ0) is 28.6. The van der Waals surface area contributed by atoms with Crippen LogP contribution in [0.2, 0.25) is 0 Å². The quantitative estimate of drug-likeness (QED) is 0.286. The number of nitrogens with two attached hydrogens (primary N) is 1. The molecule has 4 atom stereocenters. The topological polar surface area (TPSA) is 105 Å². The smallest absolute Gasteiger partial charge is 0.271 e. The Kier molecular flexibility index (Phi) is 12.2. The summed E-state index contributed by atoms with van der Waals surface area (Å²) in [6, 6.07) is 4.20. The van der Waals surface area contributed by atoms with Gasteiger partial charge in [0.15, 0.2) is 9.84 Å². The standard InChI is InChI=1S/C28H41F2N3O4S2/c1-3-5-21-13-19(7-10-33-18-23(37-28(33)34)16-32-17-26(38)27(29)30)14-22(6-4-2)24(21)15-25(31)20-8-11-39(35,36)12-9-20/h3,5,8,11,13-14,20,23,25,27-28,32,34H,4,6-7,9-10,12,15-18,31H2,1-2H3/b5-3-/t20?,23-,25?,28?/m0/s1. The van der Waals surface area contributed by atoms with Crippen LogP contribution in [0, 0.1) is 5.92 Å². The second-order valence-electron chi connectivity index (χ2n) is 10.3. The number of aliphatic hydroxyl groups excluding tert-OH is 1. The van der Waals surface area contributed by atoms with Crippen molar-refractivity contribution in [3.63, 3.8) is 0 Å². The molecule has 11 heteroatoms. The zero-order valence-electron chi connectivity index (χ0n) is 22.7. The average molecular weight is 586 g/mol. The molecule has 4 N–H and O–H groups in total. The Labute approximate surface area is 236 Å². The molecule has 0 spiro atoms. The summed E-state index contributed by atoms with van der Waals surface area (Å²) in [4.78, 5) is 1.50. The predicted molar refractivity (Wildman–Crippen MR) is 155 cm³/mol. The molecule has 1 fully saturated rings. The fraction of sp³-hybridized carbons (Fsp3) is 0.607. The summed E-state index contributed by atoms with van der Waals surface area (Å²) in [5.41, 5.74) is 11.3. The number of benzene rings is 1. The van der Waals surface area contributed by atoms with Crippen LogP contribution >= 0.6 is 12.2 Å². The Morgan fingerprint density at radius 3 is 2.77 bits per heavy atom. The van der Waals surface area contributed by atoms with E-state index >= 15 is 0 Å². The predicted octanol–water partition coefficient (Wildman–Crippen LogP) is 3.23. The van der Waals surface area contributed by atoms with Crippen LogP contribution in [0.1, 0.15) is 48.9 Å². The largest absolute Gasteiger partial charge is 0.356 e. The van der Waals surface area contributed by atoms with Crippen LogP contribution in [-0.2, 0) is 33.8 Å². The first-order chi connectivity index (χ1) is 18.5. The van der Waals surface area contributed by atoms with E-state index in [0.717, 1.165) is 24.0 Å². The monoisotopic (exact) mass is 585 g/mol. The van der Waals surface area contributed by atoms with E-state index in [9.17, 15) is 22.3 Å². The van der Waals surface area contributed by atoms with Gasteiger partial charge in [0.2, 0.25) is 6.41 Å². The fourth-order valence-corrected chi connectivity index (χ4v) is 6.42. The second-order valence-corrected chi connectivity index (χ2v) is 12.8.